The average molecular weight is 221 g/mol. The summed E-state index contributed by atoms with van der Waals surface area (Å²) in [5.41, 5.74) is 0.300. The number of phenols is 1. The van der Waals surface area contributed by atoms with Gasteiger partial charge in [-0.3, -0.25) is 4.79 Å². The van der Waals surface area contributed by atoms with Gasteiger partial charge >= 0.3 is 0 Å². The van der Waals surface area contributed by atoms with Crippen LogP contribution in [0.5, 0.6) is 11.5 Å². The molecule has 0 unspecified atom stereocenters. The van der Waals surface area contributed by atoms with Crippen LogP contribution >= 0.6 is 0 Å². The number of amides is 1. The average Bonchev–Trinajstić information content (AvgIpc) is 3.11. The van der Waals surface area contributed by atoms with Crippen LogP contribution in [0.1, 0.15) is 23.2 Å². The molecule has 1 saturated carbocycles. The minimum Gasteiger partial charge on any atom is -0.504 e. The van der Waals surface area contributed by atoms with E-state index in [2.05, 4.69) is 0 Å². The van der Waals surface area contributed by atoms with Gasteiger partial charge in [0, 0.05) is 13.1 Å². The molecule has 1 aromatic carbocycles. The molecule has 0 atom stereocenters. The van der Waals surface area contributed by atoms with Crippen LogP contribution in [0.4, 0.5) is 0 Å². The molecule has 1 aliphatic carbocycles. The maximum absolute atomic E-state index is 12.0. The lowest BCUT2D eigenvalue weighted by atomic mass is 10.1. The third-order valence-electron chi connectivity index (χ3n) is 2.86. The summed E-state index contributed by atoms with van der Waals surface area (Å²) in [4.78, 5) is 13.7. The van der Waals surface area contributed by atoms with Crippen molar-refractivity contribution < 1.29 is 14.6 Å². The highest BCUT2D eigenvalue weighted by atomic mass is 16.5. The van der Waals surface area contributed by atoms with Gasteiger partial charge in [-0.05, 0) is 25.0 Å². The first-order chi connectivity index (χ1) is 7.65. The summed E-state index contributed by atoms with van der Waals surface area (Å²) in [6.45, 7) is 0. The summed E-state index contributed by atoms with van der Waals surface area (Å²) >= 11 is 0. The van der Waals surface area contributed by atoms with Gasteiger partial charge in [-0.25, -0.2) is 0 Å². The molecular formula is C12H15NO3. The lowest BCUT2D eigenvalue weighted by Gasteiger charge is -2.17. The number of carbonyl (C=O) groups excluding carboxylic acids is 1. The molecule has 0 saturated heterocycles. The Kier molecular flexibility index (Phi) is 2.73. The second-order valence-electron chi connectivity index (χ2n) is 4.00. The Labute approximate surface area is 94.4 Å². The molecule has 1 N–H and O–H groups in total. The van der Waals surface area contributed by atoms with Gasteiger partial charge in [0.15, 0.2) is 11.5 Å². The Morgan fingerprint density at radius 1 is 1.50 bits per heavy atom. The monoisotopic (exact) mass is 221 g/mol. The van der Waals surface area contributed by atoms with Crippen LogP contribution in [0.3, 0.4) is 0 Å². The van der Waals surface area contributed by atoms with E-state index in [1.807, 2.05) is 0 Å². The summed E-state index contributed by atoms with van der Waals surface area (Å²) in [5, 5.41) is 9.84. The maximum atomic E-state index is 12.0. The van der Waals surface area contributed by atoms with E-state index in [1.54, 1.807) is 30.1 Å². The number of nitrogens with zero attached hydrogens (tertiary/aromatic N) is 1. The molecule has 0 heterocycles. The second-order valence-corrected chi connectivity index (χ2v) is 4.00. The van der Waals surface area contributed by atoms with Crippen molar-refractivity contribution in [2.75, 3.05) is 14.2 Å². The van der Waals surface area contributed by atoms with E-state index in [-0.39, 0.29) is 11.7 Å². The van der Waals surface area contributed by atoms with E-state index in [4.69, 9.17) is 4.74 Å². The predicted molar refractivity (Wildman–Crippen MR) is 59.8 cm³/mol. The van der Waals surface area contributed by atoms with E-state index in [0.717, 1.165) is 12.8 Å². The van der Waals surface area contributed by atoms with Crippen molar-refractivity contribution >= 4 is 5.91 Å². The zero-order chi connectivity index (χ0) is 11.7. The van der Waals surface area contributed by atoms with Gasteiger partial charge in [0.2, 0.25) is 0 Å². The first-order valence-electron chi connectivity index (χ1n) is 5.28. The molecule has 1 amide bonds. The van der Waals surface area contributed by atoms with Crippen molar-refractivity contribution in [2.24, 2.45) is 0 Å². The summed E-state index contributed by atoms with van der Waals surface area (Å²) in [7, 11) is 3.23. The molecule has 0 spiro atoms. The van der Waals surface area contributed by atoms with Gasteiger partial charge in [0.25, 0.3) is 5.91 Å². The minimum atomic E-state index is -0.154. The van der Waals surface area contributed by atoms with Crippen molar-refractivity contribution in [3.63, 3.8) is 0 Å². The number of ether oxygens (including phenoxy) is 1. The predicted octanol–water partition coefficient (Wildman–Crippen LogP) is 1.64. The van der Waals surface area contributed by atoms with Crippen molar-refractivity contribution in [1.82, 2.24) is 4.90 Å². The Balaban J connectivity index is 2.28. The molecular weight excluding hydrogens is 206 g/mol. The number of hydrogen-bond acceptors (Lipinski definition) is 3. The van der Waals surface area contributed by atoms with Crippen LogP contribution in [0.25, 0.3) is 0 Å². The van der Waals surface area contributed by atoms with Crippen LogP contribution < -0.4 is 4.74 Å². The van der Waals surface area contributed by atoms with E-state index in [1.165, 1.54) is 7.11 Å². The molecule has 4 nitrogen and oxygen atoms in total. The standard InChI is InChI=1S/C12H15NO3/c1-13(8-6-7-8)12(15)9-4-3-5-10(16-2)11(9)14/h3-5,8,14H,6-7H2,1-2H3. The lowest BCUT2D eigenvalue weighted by molar-refractivity contribution is 0.0781. The molecule has 0 bridgehead atoms. The van der Waals surface area contributed by atoms with Crippen LogP contribution in [-0.2, 0) is 0 Å². The van der Waals surface area contributed by atoms with Gasteiger partial charge in [0.05, 0.1) is 12.7 Å². The van der Waals surface area contributed by atoms with Gasteiger partial charge in [0.1, 0.15) is 0 Å². The van der Waals surface area contributed by atoms with E-state index < -0.39 is 0 Å². The minimum absolute atomic E-state index is 0.0810. The second kappa shape index (κ2) is 4.04. The Bertz CT molecular complexity index is 413. The molecule has 0 radical (unpaired) electrons. The fraction of sp³-hybridized carbons (Fsp3) is 0.417. The third kappa shape index (κ3) is 1.83. The highest BCUT2D eigenvalue weighted by Gasteiger charge is 2.31. The number of phenolic OH excluding ortho intramolecular Hbond substituents is 1. The Morgan fingerprint density at radius 2 is 2.19 bits per heavy atom. The summed E-state index contributed by atoms with van der Waals surface area (Å²) in [6, 6.07) is 5.27. The van der Waals surface area contributed by atoms with E-state index in [9.17, 15) is 9.90 Å². The first kappa shape index (κ1) is 10.8. The highest BCUT2D eigenvalue weighted by Crippen LogP contribution is 2.32. The summed E-state index contributed by atoms with van der Waals surface area (Å²) < 4.78 is 4.97. The molecule has 16 heavy (non-hydrogen) atoms. The molecule has 1 fully saturated rings. The molecule has 4 heteroatoms. The molecule has 0 aliphatic heterocycles. The quantitative estimate of drug-likeness (QED) is 0.844. The van der Waals surface area contributed by atoms with Crippen molar-refractivity contribution in [1.29, 1.82) is 0 Å². The normalized spacial score (nSPS) is 14.6. The molecule has 86 valence electrons. The fourth-order valence-corrected chi connectivity index (χ4v) is 1.68. The van der Waals surface area contributed by atoms with Gasteiger partial charge in [-0.2, -0.15) is 0 Å². The number of aromatic hydroxyl groups is 1. The molecule has 0 aromatic heterocycles. The smallest absolute Gasteiger partial charge is 0.257 e. The maximum Gasteiger partial charge on any atom is 0.257 e. The van der Waals surface area contributed by atoms with E-state index in [0.29, 0.717) is 17.4 Å². The number of carbonyl (C=O) groups is 1. The van der Waals surface area contributed by atoms with E-state index >= 15 is 0 Å². The molecule has 1 aromatic rings. The van der Waals surface area contributed by atoms with Crippen molar-refractivity contribution in [3.8, 4) is 11.5 Å². The number of methoxy groups -OCH3 is 1. The Hall–Kier alpha value is -1.71. The number of rotatable bonds is 3. The summed E-state index contributed by atoms with van der Waals surface area (Å²) in [6.07, 6.45) is 2.10. The largest absolute Gasteiger partial charge is 0.504 e. The molecule has 1 aliphatic rings. The van der Waals surface area contributed by atoms with Gasteiger partial charge in [-0.1, -0.05) is 6.07 Å². The van der Waals surface area contributed by atoms with Crippen LogP contribution in [0.15, 0.2) is 18.2 Å². The first-order valence-corrected chi connectivity index (χ1v) is 5.28. The Morgan fingerprint density at radius 3 is 2.75 bits per heavy atom. The fourth-order valence-electron chi connectivity index (χ4n) is 1.68. The van der Waals surface area contributed by atoms with Crippen LogP contribution in [0, 0.1) is 0 Å². The van der Waals surface area contributed by atoms with Gasteiger partial charge in [-0.15, -0.1) is 0 Å². The van der Waals surface area contributed by atoms with Crippen LogP contribution in [-0.4, -0.2) is 36.1 Å². The van der Waals surface area contributed by atoms with Crippen molar-refractivity contribution in [3.05, 3.63) is 23.8 Å². The SMILES string of the molecule is COc1cccc(C(=O)N(C)C2CC2)c1O. The lowest BCUT2D eigenvalue weighted by Crippen LogP contribution is -2.28. The van der Waals surface area contributed by atoms with Crippen LogP contribution in [0.2, 0.25) is 0 Å². The molecule has 2 rings (SSSR count). The van der Waals surface area contributed by atoms with Gasteiger partial charge < -0.3 is 14.7 Å². The zero-order valence-corrected chi connectivity index (χ0v) is 9.43. The number of benzene rings is 1. The topological polar surface area (TPSA) is 49.8 Å². The third-order valence-corrected chi connectivity index (χ3v) is 2.86. The summed E-state index contributed by atoms with van der Waals surface area (Å²) in [5.74, 6) is 0.0939. The van der Waals surface area contributed by atoms with Crippen molar-refractivity contribution in [2.45, 2.75) is 18.9 Å². The number of hydrogen-bond donors (Lipinski definition) is 1. The number of para-hydroxylation sites is 1. The highest BCUT2D eigenvalue weighted by molar-refractivity contribution is 5.97. The zero-order valence-electron chi connectivity index (χ0n) is 9.43.